The summed E-state index contributed by atoms with van der Waals surface area (Å²) in [5.41, 5.74) is 0.606. The maximum absolute atomic E-state index is 13.3. The third-order valence-electron chi connectivity index (χ3n) is 4.88. The van der Waals surface area contributed by atoms with Gasteiger partial charge in [0.25, 0.3) is 5.56 Å². The highest BCUT2D eigenvalue weighted by Crippen LogP contribution is 2.34. The van der Waals surface area contributed by atoms with Crippen molar-refractivity contribution < 1.29 is 19.0 Å². The molecule has 2 aromatic carbocycles. The van der Waals surface area contributed by atoms with Gasteiger partial charge in [-0.15, -0.1) is 0 Å². The number of rotatable bonds is 6. The molecule has 0 radical (unpaired) electrons. The summed E-state index contributed by atoms with van der Waals surface area (Å²) in [4.78, 5) is 29.8. The molecule has 0 aliphatic carbocycles. The molecule has 34 heavy (non-hydrogen) atoms. The highest BCUT2D eigenvalue weighted by molar-refractivity contribution is 14.1. The van der Waals surface area contributed by atoms with E-state index in [0.717, 1.165) is 4.47 Å². The Balaban J connectivity index is 2.09. The first-order chi connectivity index (χ1) is 16.0. The number of esters is 1. The summed E-state index contributed by atoms with van der Waals surface area (Å²) in [5, 5.41) is 4.96. The largest absolute Gasteiger partial charge is 0.493 e. The minimum Gasteiger partial charge on any atom is -0.493 e. The number of halogens is 2. The molecule has 3 aromatic rings. The maximum atomic E-state index is 13.3. The van der Waals surface area contributed by atoms with Crippen molar-refractivity contribution >= 4 is 61.6 Å². The predicted molar refractivity (Wildman–Crippen MR) is 143 cm³/mol. The lowest BCUT2D eigenvalue weighted by Gasteiger charge is -2.21. The Morgan fingerprint density at radius 1 is 1.24 bits per heavy atom. The molecule has 0 amide bonds. The Morgan fingerprint density at radius 2 is 1.94 bits per heavy atom. The lowest BCUT2D eigenvalue weighted by atomic mass is 9.95. The van der Waals surface area contributed by atoms with Crippen LogP contribution >= 0.6 is 38.5 Å². The number of methoxy groups -OCH3 is 2. The summed E-state index contributed by atoms with van der Waals surface area (Å²) < 4.78 is 18.8. The van der Waals surface area contributed by atoms with Crippen LogP contribution in [0.1, 0.15) is 39.1 Å². The molecule has 0 aliphatic heterocycles. The topological polar surface area (TPSA) is 92.0 Å². The van der Waals surface area contributed by atoms with Gasteiger partial charge in [-0.25, -0.2) is 9.78 Å². The molecule has 0 saturated carbocycles. The van der Waals surface area contributed by atoms with Gasteiger partial charge in [-0.3, -0.25) is 4.79 Å². The van der Waals surface area contributed by atoms with E-state index in [-0.39, 0.29) is 5.56 Å². The Hall–Kier alpha value is -2.47. The van der Waals surface area contributed by atoms with Crippen LogP contribution in [-0.4, -0.2) is 42.2 Å². The number of nitrogens with zero attached hydrogens (tertiary/aromatic N) is 3. The van der Waals surface area contributed by atoms with Crippen molar-refractivity contribution in [3.05, 3.63) is 60.1 Å². The first kappa shape index (κ1) is 26.1. The van der Waals surface area contributed by atoms with E-state index in [1.165, 1.54) is 18.9 Å². The molecule has 0 saturated heterocycles. The molecule has 10 heteroatoms. The molecule has 3 rings (SSSR count). The van der Waals surface area contributed by atoms with E-state index in [1.807, 2.05) is 39.0 Å². The Kier molecular flexibility index (Phi) is 8.02. The number of carbonyl (C=O) groups excluding carboxylic acids is 1. The quantitative estimate of drug-likeness (QED) is 0.216. The third-order valence-corrected chi connectivity index (χ3v) is 6.18. The number of carbonyl (C=O) groups is 1. The van der Waals surface area contributed by atoms with Gasteiger partial charge in [-0.05, 0) is 65.4 Å². The lowest BCUT2D eigenvalue weighted by molar-refractivity contribution is -0.147. The fraction of sp³-hybridized carbons (Fsp3) is 0.333. The van der Waals surface area contributed by atoms with E-state index in [0.29, 0.717) is 37.4 Å². The standard InChI is InChI=1S/C24H25BrIN3O5/c1-13(22(31)33-6)34-20-17(26)9-14(10-19(20)32-5)12-27-29-21(30)16-11-15(25)7-8-18(16)28-23(29)24(2,3)4/h7-13H,1-6H3/t13-/m0/s1. The van der Waals surface area contributed by atoms with Gasteiger partial charge in [-0.2, -0.15) is 9.78 Å². The van der Waals surface area contributed by atoms with Crippen LogP contribution in [0.25, 0.3) is 10.9 Å². The first-order valence-electron chi connectivity index (χ1n) is 10.4. The van der Waals surface area contributed by atoms with E-state index in [1.54, 1.807) is 25.3 Å². The van der Waals surface area contributed by atoms with Crippen molar-refractivity contribution in [3.8, 4) is 11.5 Å². The van der Waals surface area contributed by atoms with Gasteiger partial charge in [-0.1, -0.05) is 36.7 Å². The molecule has 180 valence electrons. The van der Waals surface area contributed by atoms with Crippen LogP contribution in [0.5, 0.6) is 11.5 Å². The Labute approximate surface area is 219 Å². The number of aromatic nitrogens is 2. The summed E-state index contributed by atoms with van der Waals surface area (Å²) >= 11 is 5.51. The SMILES string of the molecule is COC(=O)[C@H](C)Oc1c(I)cc(C=Nn2c(C(C)(C)C)nc3ccc(Br)cc3c2=O)cc1OC. The van der Waals surface area contributed by atoms with Crippen molar-refractivity contribution in [2.45, 2.75) is 39.2 Å². The fourth-order valence-electron chi connectivity index (χ4n) is 3.19. The molecule has 0 aliphatic rings. The van der Waals surface area contributed by atoms with Crippen molar-refractivity contribution in [1.82, 2.24) is 9.66 Å². The van der Waals surface area contributed by atoms with Gasteiger partial charge in [0, 0.05) is 9.89 Å². The monoisotopic (exact) mass is 641 g/mol. The molecular weight excluding hydrogens is 617 g/mol. The Bertz CT molecular complexity index is 1330. The molecule has 0 N–H and O–H groups in total. The maximum Gasteiger partial charge on any atom is 0.346 e. The summed E-state index contributed by atoms with van der Waals surface area (Å²) in [7, 11) is 2.81. The average Bonchev–Trinajstić information content (AvgIpc) is 2.78. The molecule has 0 spiro atoms. The number of hydrogen-bond donors (Lipinski definition) is 0. The number of ether oxygens (including phenoxy) is 3. The molecule has 0 unspecified atom stereocenters. The first-order valence-corrected chi connectivity index (χ1v) is 12.2. The van der Waals surface area contributed by atoms with Gasteiger partial charge in [0.05, 0.1) is 34.9 Å². The van der Waals surface area contributed by atoms with Crippen molar-refractivity contribution in [1.29, 1.82) is 0 Å². The number of benzene rings is 2. The van der Waals surface area contributed by atoms with Crippen LogP contribution in [0.3, 0.4) is 0 Å². The minimum absolute atomic E-state index is 0.263. The Morgan fingerprint density at radius 3 is 2.56 bits per heavy atom. The second kappa shape index (κ2) is 10.4. The van der Waals surface area contributed by atoms with Crippen LogP contribution in [0.2, 0.25) is 0 Å². The second-order valence-corrected chi connectivity index (χ2v) is 10.6. The van der Waals surface area contributed by atoms with Crippen molar-refractivity contribution in [3.63, 3.8) is 0 Å². The fourth-order valence-corrected chi connectivity index (χ4v) is 4.30. The van der Waals surface area contributed by atoms with E-state index < -0.39 is 17.5 Å². The summed E-state index contributed by atoms with van der Waals surface area (Å²) in [6.45, 7) is 7.53. The van der Waals surface area contributed by atoms with Crippen molar-refractivity contribution in [2.24, 2.45) is 5.10 Å². The van der Waals surface area contributed by atoms with Gasteiger partial charge < -0.3 is 14.2 Å². The van der Waals surface area contributed by atoms with Crippen LogP contribution in [0, 0.1) is 3.57 Å². The van der Waals surface area contributed by atoms with Crippen LogP contribution in [0.15, 0.2) is 44.7 Å². The zero-order valence-electron chi connectivity index (χ0n) is 19.7. The second-order valence-electron chi connectivity index (χ2n) is 8.53. The van der Waals surface area contributed by atoms with E-state index >= 15 is 0 Å². The van der Waals surface area contributed by atoms with Crippen LogP contribution in [0.4, 0.5) is 0 Å². The molecule has 1 aromatic heterocycles. The lowest BCUT2D eigenvalue weighted by Crippen LogP contribution is -2.29. The summed E-state index contributed by atoms with van der Waals surface area (Å²) in [6, 6.07) is 8.94. The third kappa shape index (κ3) is 5.60. The van der Waals surface area contributed by atoms with Crippen LogP contribution in [-0.2, 0) is 14.9 Å². The molecular formula is C24H25BrIN3O5. The van der Waals surface area contributed by atoms with Crippen molar-refractivity contribution in [2.75, 3.05) is 14.2 Å². The number of fused-ring (bicyclic) bond motifs is 1. The van der Waals surface area contributed by atoms with Gasteiger partial charge in [0.1, 0.15) is 5.82 Å². The van der Waals surface area contributed by atoms with Gasteiger partial charge in [0.2, 0.25) is 0 Å². The molecule has 1 heterocycles. The molecule has 0 bridgehead atoms. The highest BCUT2D eigenvalue weighted by atomic mass is 127. The smallest absolute Gasteiger partial charge is 0.346 e. The molecule has 1 atom stereocenters. The van der Waals surface area contributed by atoms with E-state index in [4.69, 9.17) is 19.2 Å². The zero-order valence-corrected chi connectivity index (χ0v) is 23.4. The normalized spacial score (nSPS) is 12.7. The predicted octanol–water partition coefficient (Wildman–Crippen LogP) is 4.89. The molecule has 0 fully saturated rings. The molecule has 8 nitrogen and oxygen atoms in total. The van der Waals surface area contributed by atoms with Gasteiger partial charge in [0.15, 0.2) is 17.6 Å². The van der Waals surface area contributed by atoms with Gasteiger partial charge >= 0.3 is 5.97 Å². The number of hydrogen-bond acceptors (Lipinski definition) is 7. The van der Waals surface area contributed by atoms with E-state index in [2.05, 4.69) is 43.6 Å². The van der Waals surface area contributed by atoms with E-state index in [9.17, 15) is 9.59 Å². The zero-order chi connectivity index (χ0) is 25.2. The summed E-state index contributed by atoms with van der Waals surface area (Å²) in [5.74, 6) is 0.890. The van der Waals surface area contributed by atoms with Crippen LogP contribution < -0.4 is 15.0 Å². The highest BCUT2D eigenvalue weighted by Gasteiger charge is 2.23. The minimum atomic E-state index is -0.803. The average molecular weight is 642 g/mol. The summed E-state index contributed by atoms with van der Waals surface area (Å²) in [6.07, 6.45) is 0.767.